The van der Waals surface area contributed by atoms with Crippen molar-refractivity contribution in [2.75, 3.05) is 5.32 Å². The van der Waals surface area contributed by atoms with E-state index in [1.807, 2.05) is 57.2 Å². The Kier molecular flexibility index (Phi) is 6.26. The molecular formula is C23H19BrClN3O. The average molecular weight is 469 g/mol. The molecule has 4 nitrogen and oxygen atoms in total. The van der Waals surface area contributed by atoms with Crippen LogP contribution in [0, 0.1) is 32.1 Å². The van der Waals surface area contributed by atoms with Gasteiger partial charge in [-0.3, -0.25) is 4.79 Å². The Morgan fingerprint density at radius 1 is 1.17 bits per heavy atom. The van der Waals surface area contributed by atoms with Crippen LogP contribution in [0.5, 0.6) is 0 Å². The van der Waals surface area contributed by atoms with Crippen LogP contribution in [-0.4, -0.2) is 10.5 Å². The Bertz CT molecular complexity index is 1150. The number of halogens is 2. The van der Waals surface area contributed by atoms with E-state index in [0.29, 0.717) is 10.7 Å². The molecule has 146 valence electrons. The van der Waals surface area contributed by atoms with Crippen LogP contribution in [-0.2, 0) is 4.79 Å². The van der Waals surface area contributed by atoms with Gasteiger partial charge in [0.25, 0.3) is 5.91 Å². The van der Waals surface area contributed by atoms with Gasteiger partial charge in [0.2, 0.25) is 0 Å². The number of nitriles is 1. The number of aromatic nitrogens is 1. The molecule has 0 aliphatic rings. The van der Waals surface area contributed by atoms with Gasteiger partial charge in [0.1, 0.15) is 11.6 Å². The van der Waals surface area contributed by atoms with Crippen LogP contribution in [0.2, 0.25) is 5.02 Å². The second kappa shape index (κ2) is 8.69. The molecule has 2 aromatic carbocycles. The van der Waals surface area contributed by atoms with Crippen LogP contribution in [0.15, 0.2) is 58.6 Å². The summed E-state index contributed by atoms with van der Waals surface area (Å²) in [5.74, 6) is -0.466. The number of hydrogen-bond acceptors (Lipinski definition) is 2. The normalized spacial score (nSPS) is 11.2. The third kappa shape index (κ3) is 4.45. The third-order valence-electron chi connectivity index (χ3n) is 4.74. The molecule has 0 spiro atoms. The molecule has 0 bridgehead atoms. The van der Waals surface area contributed by atoms with Crippen LogP contribution in [0.25, 0.3) is 11.8 Å². The van der Waals surface area contributed by atoms with E-state index >= 15 is 0 Å². The highest BCUT2D eigenvalue weighted by atomic mass is 79.9. The molecule has 6 heteroatoms. The van der Waals surface area contributed by atoms with Gasteiger partial charge < -0.3 is 9.88 Å². The number of rotatable bonds is 4. The Morgan fingerprint density at radius 3 is 2.52 bits per heavy atom. The Hall–Kier alpha value is -2.81. The van der Waals surface area contributed by atoms with Gasteiger partial charge in [-0.05, 0) is 80.4 Å². The number of anilines is 1. The van der Waals surface area contributed by atoms with E-state index in [1.54, 1.807) is 24.3 Å². The van der Waals surface area contributed by atoms with E-state index < -0.39 is 5.91 Å². The van der Waals surface area contributed by atoms with Crippen molar-refractivity contribution in [3.63, 3.8) is 0 Å². The lowest BCUT2D eigenvalue weighted by Crippen LogP contribution is -2.14. The number of carbonyl (C=O) groups is 1. The van der Waals surface area contributed by atoms with Crippen molar-refractivity contribution in [1.29, 1.82) is 5.26 Å². The smallest absolute Gasteiger partial charge is 0.266 e. The zero-order valence-corrected chi connectivity index (χ0v) is 18.6. The summed E-state index contributed by atoms with van der Waals surface area (Å²) in [4.78, 5) is 12.7. The summed E-state index contributed by atoms with van der Waals surface area (Å²) in [5, 5.41) is 12.9. The maximum Gasteiger partial charge on any atom is 0.266 e. The predicted molar refractivity (Wildman–Crippen MR) is 121 cm³/mol. The summed E-state index contributed by atoms with van der Waals surface area (Å²) < 4.78 is 3.09. The van der Waals surface area contributed by atoms with Gasteiger partial charge in [-0.2, -0.15) is 5.26 Å². The number of carbonyl (C=O) groups excluding carboxylic acids is 1. The maximum atomic E-state index is 12.7. The van der Waals surface area contributed by atoms with Crippen molar-refractivity contribution in [2.24, 2.45) is 0 Å². The molecule has 1 heterocycles. The van der Waals surface area contributed by atoms with E-state index in [4.69, 9.17) is 11.6 Å². The number of aryl methyl sites for hydroxylation is 1. The second-order valence-corrected chi connectivity index (χ2v) is 8.00. The molecular weight excluding hydrogens is 450 g/mol. The molecule has 0 unspecified atom stereocenters. The van der Waals surface area contributed by atoms with Crippen LogP contribution >= 0.6 is 27.5 Å². The van der Waals surface area contributed by atoms with Crippen LogP contribution in [0.4, 0.5) is 5.69 Å². The molecule has 0 saturated carbocycles. The molecule has 0 radical (unpaired) electrons. The predicted octanol–water partition coefficient (Wildman–Crippen LogP) is 6.36. The van der Waals surface area contributed by atoms with E-state index in [-0.39, 0.29) is 5.57 Å². The number of hydrogen-bond donors (Lipinski definition) is 1. The van der Waals surface area contributed by atoms with Crippen molar-refractivity contribution < 1.29 is 4.79 Å². The van der Waals surface area contributed by atoms with Gasteiger partial charge in [-0.25, -0.2) is 0 Å². The van der Waals surface area contributed by atoms with Crippen molar-refractivity contribution in [3.8, 4) is 11.8 Å². The number of benzene rings is 2. The van der Waals surface area contributed by atoms with E-state index in [0.717, 1.165) is 32.7 Å². The standard InChI is InChI=1S/C23H19BrClN3O/c1-14-11-17(16(3)28(14)20-9-7-19(24)8-10-20)12-18(13-26)23(29)27-22-6-4-5-21(25)15(22)2/h4-12H,1-3H3,(H,27,29)/b18-12+. The van der Waals surface area contributed by atoms with Gasteiger partial charge in [0.05, 0.1) is 0 Å². The fourth-order valence-corrected chi connectivity index (χ4v) is 3.60. The molecule has 29 heavy (non-hydrogen) atoms. The van der Waals surface area contributed by atoms with Gasteiger partial charge >= 0.3 is 0 Å². The molecule has 0 fully saturated rings. The Morgan fingerprint density at radius 2 is 1.86 bits per heavy atom. The molecule has 1 aromatic heterocycles. The SMILES string of the molecule is Cc1c(Cl)cccc1NC(=O)/C(C#N)=C/c1cc(C)n(-c2ccc(Br)cc2)c1C. The van der Waals surface area contributed by atoms with Crippen molar-refractivity contribution in [2.45, 2.75) is 20.8 Å². The molecule has 3 aromatic rings. The van der Waals surface area contributed by atoms with Gasteiger partial charge in [-0.1, -0.05) is 33.6 Å². The first-order valence-electron chi connectivity index (χ1n) is 8.95. The minimum atomic E-state index is -0.466. The largest absolute Gasteiger partial charge is 0.321 e. The van der Waals surface area contributed by atoms with Gasteiger partial charge in [-0.15, -0.1) is 0 Å². The average Bonchev–Trinajstić information content (AvgIpc) is 2.97. The summed E-state index contributed by atoms with van der Waals surface area (Å²) in [6, 6.07) is 17.2. The lowest BCUT2D eigenvalue weighted by molar-refractivity contribution is -0.112. The molecule has 3 rings (SSSR count). The van der Waals surface area contributed by atoms with Gasteiger partial charge in [0.15, 0.2) is 0 Å². The monoisotopic (exact) mass is 467 g/mol. The minimum Gasteiger partial charge on any atom is -0.321 e. The molecule has 0 saturated heterocycles. The lowest BCUT2D eigenvalue weighted by Gasteiger charge is -2.10. The number of nitrogens with one attached hydrogen (secondary N) is 1. The summed E-state index contributed by atoms with van der Waals surface area (Å²) in [5.41, 5.74) is 5.17. The second-order valence-electron chi connectivity index (χ2n) is 6.67. The topological polar surface area (TPSA) is 57.8 Å². The Balaban J connectivity index is 1.94. The van der Waals surface area contributed by atoms with Crippen molar-refractivity contribution in [1.82, 2.24) is 4.57 Å². The summed E-state index contributed by atoms with van der Waals surface area (Å²) in [7, 11) is 0. The molecule has 0 aliphatic carbocycles. The number of nitrogens with zero attached hydrogens (tertiary/aromatic N) is 2. The first-order valence-corrected chi connectivity index (χ1v) is 10.1. The van der Waals surface area contributed by atoms with Crippen LogP contribution < -0.4 is 5.32 Å². The molecule has 1 amide bonds. The fourth-order valence-electron chi connectivity index (χ4n) is 3.16. The molecule has 1 N–H and O–H groups in total. The highest BCUT2D eigenvalue weighted by Crippen LogP contribution is 2.26. The first-order chi connectivity index (χ1) is 13.8. The van der Waals surface area contributed by atoms with Crippen molar-refractivity contribution in [3.05, 3.63) is 86.1 Å². The zero-order valence-electron chi connectivity index (χ0n) is 16.3. The van der Waals surface area contributed by atoms with Crippen LogP contribution in [0.3, 0.4) is 0 Å². The fraction of sp³-hybridized carbons (Fsp3) is 0.130. The molecule has 0 atom stereocenters. The van der Waals surface area contributed by atoms with E-state index in [9.17, 15) is 10.1 Å². The third-order valence-corrected chi connectivity index (χ3v) is 5.67. The van der Waals surface area contributed by atoms with E-state index in [1.165, 1.54) is 0 Å². The number of amides is 1. The highest BCUT2D eigenvalue weighted by molar-refractivity contribution is 9.10. The maximum absolute atomic E-state index is 12.7. The van der Waals surface area contributed by atoms with E-state index in [2.05, 4.69) is 25.8 Å². The highest BCUT2D eigenvalue weighted by Gasteiger charge is 2.15. The molecule has 0 aliphatic heterocycles. The Labute approximate surface area is 183 Å². The quantitative estimate of drug-likeness (QED) is 0.357. The zero-order chi connectivity index (χ0) is 21.1. The van der Waals surface area contributed by atoms with Gasteiger partial charge in [0, 0.05) is 32.3 Å². The lowest BCUT2D eigenvalue weighted by atomic mass is 10.1. The van der Waals surface area contributed by atoms with Crippen molar-refractivity contribution >= 4 is 45.2 Å². The summed E-state index contributed by atoms with van der Waals surface area (Å²) in [6.45, 7) is 5.78. The first kappa shape index (κ1) is 20.9. The minimum absolute atomic E-state index is 0.0282. The summed E-state index contributed by atoms with van der Waals surface area (Å²) in [6.07, 6.45) is 1.62. The summed E-state index contributed by atoms with van der Waals surface area (Å²) >= 11 is 9.56. The van der Waals surface area contributed by atoms with Crippen LogP contribution in [0.1, 0.15) is 22.5 Å².